The van der Waals surface area contributed by atoms with Gasteiger partial charge in [-0.2, -0.15) is 0 Å². The van der Waals surface area contributed by atoms with E-state index in [0.717, 1.165) is 17.3 Å². The molecule has 0 saturated heterocycles. The Kier molecular flexibility index (Phi) is 3.16. The molecular formula is C11H11BrN2O. The molecule has 78 valence electrons. The van der Waals surface area contributed by atoms with Gasteiger partial charge in [-0.05, 0) is 25.0 Å². The summed E-state index contributed by atoms with van der Waals surface area (Å²) in [6.07, 6.45) is 7.41. The van der Waals surface area contributed by atoms with Gasteiger partial charge in [0.1, 0.15) is 5.82 Å². The number of nitrogens with one attached hydrogen (secondary N) is 1. The second kappa shape index (κ2) is 4.57. The van der Waals surface area contributed by atoms with Crippen LogP contribution in [0.15, 0.2) is 35.0 Å². The zero-order valence-corrected chi connectivity index (χ0v) is 9.70. The van der Waals surface area contributed by atoms with Crippen LogP contribution in [0.5, 0.6) is 0 Å². The Hall–Kier alpha value is -1.16. The number of rotatable bonds is 2. The zero-order chi connectivity index (χ0) is 10.7. The maximum atomic E-state index is 11.7. The highest BCUT2D eigenvalue weighted by Crippen LogP contribution is 2.20. The third-order valence-corrected chi connectivity index (χ3v) is 2.85. The van der Waals surface area contributed by atoms with E-state index in [9.17, 15) is 4.79 Å². The number of hydrogen-bond donors (Lipinski definition) is 1. The van der Waals surface area contributed by atoms with Crippen molar-refractivity contribution >= 4 is 27.7 Å². The minimum atomic E-state index is 0.0469. The number of allylic oxidation sites excluding steroid dienone is 2. The van der Waals surface area contributed by atoms with Crippen LogP contribution >= 0.6 is 15.9 Å². The van der Waals surface area contributed by atoms with Crippen LogP contribution in [-0.2, 0) is 4.79 Å². The van der Waals surface area contributed by atoms with Gasteiger partial charge in [0.15, 0.2) is 0 Å². The number of carbonyl (C=O) groups excluding carboxylic acids is 1. The molecule has 0 aliphatic heterocycles. The van der Waals surface area contributed by atoms with Gasteiger partial charge in [-0.3, -0.25) is 4.79 Å². The summed E-state index contributed by atoms with van der Waals surface area (Å²) in [6, 6.07) is 3.62. The second-order valence-corrected chi connectivity index (χ2v) is 4.40. The van der Waals surface area contributed by atoms with Crippen molar-refractivity contribution in [2.45, 2.75) is 12.8 Å². The fourth-order valence-corrected chi connectivity index (χ4v) is 1.87. The SMILES string of the molecule is O=C(Nc1cc(Br)ccn1)C1CC=CC1. The molecule has 0 fully saturated rings. The van der Waals surface area contributed by atoms with Crippen molar-refractivity contribution in [3.05, 3.63) is 35.0 Å². The van der Waals surface area contributed by atoms with Gasteiger partial charge in [-0.15, -0.1) is 0 Å². The molecular weight excluding hydrogens is 256 g/mol. The highest BCUT2D eigenvalue weighted by atomic mass is 79.9. The molecule has 0 saturated carbocycles. The average molecular weight is 267 g/mol. The van der Waals surface area contributed by atoms with Crippen LogP contribution in [-0.4, -0.2) is 10.9 Å². The molecule has 0 radical (unpaired) electrons. The van der Waals surface area contributed by atoms with E-state index in [0.29, 0.717) is 5.82 Å². The Morgan fingerprint density at radius 1 is 1.47 bits per heavy atom. The molecule has 1 heterocycles. The molecule has 0 unspecified atom stereocenters. The first-order chi connectivity index (χ1) is 7.25. The quantitative estimate of drug-likeness (QED) is 0.837. The Morgan fingerprint density at radius 2 is 2.20 bits per heavy atom. The maximum absolute atomic E-state index is 11.7. The zero-order valence-electron chi connectivity index (χ0n) is 8.11. The van der Waals surface area contributed by atoms with Gasteiger partial charge in [0.25, 0.3) is 0 Å². The van der Waals surface area contributed by atoms with Crippen molar-refractivity contribution in [2.24, 2.45) is 5.92 Å². The van der Waals surface area contributed by atoms with Gasteiger partial charge >= 0.3 is 0 Å². The maximum Gasteiger partial charge on any atom is 0.229 e. The lowest BCUT2D eigenvalue weighted by molar-refractivity contribution is -0.119. The number of anilines is 1. The summed E-state index contributed by atoms with van der Waals surface area (Å²) in [5, 5.41) is 2.80. The molecule has 2 rings (SSSR count). The van der Waals surface area contributed by atoms with Crippen molar-refractivity contribution in [3.8, 4) is 0 Å². The minimum absolute atomic E-state index is 0.0469. The van der Waals surface area contributed by atoms with E-state index in [1.165, 1.54) is 0 Å². The van der Waals surface area contributed by atoms with Crippen molar-refractivity contribution in [1.29, 1.82) is 0 Å². The molecule has 1 aliphatic rings. The van der Waals surface area contributed by atoms with Crippen molar-refractivity contribution in [1.82, 2.24) is 4.98 Å². The van der Waals surface area contributed by atoms with E-state index in [4.69, 9.17) is 0 Å². The van der Waals surface area contributed by atoms with Gasteiger partial charge in [-0.25, -0.2) is 4.98 Å². The van der Waals surface area contributed by atoms with Crippen LogP contribution < -0.4 is 5.32 Å². The van der Waals surface area contributed by atoms with Gasteiger partial charge in [0.2, 0.25) is 5.91 Å². The van der Waals surface area contributed by atoms with E-state index in [-0.39, 0.29) is 11.8 Å². The molecule has 1 aliphatic carbocycles. The first-order valence-electron chi connectivity index (χ1n) is 4.83. The topological polar surface area (TPSA) is 42.0 Å². The number of hydrogen-bond acceptors (Lipinski definition) is 2. The van der Waals surface area contributed by atoms with E-state index in [1.54, 1.807) is 12.3 Å². The van der Waals surface area contributed by atoms with Crippen LogP contribution in [0.25, 0.3) is 0 Å². The molecule has 15 heavy (non-hydrogen) atoms. The number of nitrogens with zero attached hydrogens (tertiary/aromatic N) is 1. The van der Waals surface area contributed by atoms with Gasteiger partial charge in [-0.1, -0.05) is 28.1 Å². The average Bonchev–Trinajstić information content (AvgIpc) is 2.70. The predicted molar refractivity (Wildman–Crippen MR) is 62.4 cm³/mol. The predicted octanol–water partition coefficient (Wildman–Crippen LogP) is 2.75. The molecule has 1 amide bonds. The third kappa shape index (κ3) is 2.65. The van der Waals surface area contributed by atoms with Crippen molar-refractivity contribution < 1.29 is 4.79 Å². The van der Waals surface area contributed by atoms with E-state index in [1.807, 2.05) is 18.2 Å². The van der Waals surface area contributed by atoms with E-state index >= 15 is 0 Å². The first kappa shape index (κ1) is 10.4. The largest absolute Gasteiger partial charge is 0.310 e. The lowest BCUT2D eigenvalue weighted by Crippen LogP contribution is -2.21. The fraction of sp³-hybridized carbons (Fsp3) is 0.273. The third-order valence-electron chi connectivity index (χ3n) is 2.35. The Balaban J connectivity index is 1.99. The first-order valence-corrected chi connectivity index (χ1v) is 5.62. The molecule has 0 atom stereocenters. The van der Waals surface area contributed by atoms with Crippen molar-refractivity contribution in [2.75, 3.05) is 5.32 Å². The molecule has 0 bridgehead atoms. The smallest absolute Gasteiger partial charge is 0.229 e. The Morgan fingerprint density at radius 3 is 2.87 bits per heavy atom. The molecule has 0 spiro atoms. The van der Waals surface area contributed by atoms with E-state index < -0.39 is 0 Å². The van der Waals surface area contributed by atoms with Crippen LogP contribution in [0.3, 0.4) is 0 Å². The van der Waals surface area contributed by atoms with Gasteiger partial charge in [0, 0.05) is 16.6 Å². The molecule has 1 aromatic heterocycles. The highest BCUT2D eigenvalue weighted by molar-refractivity contribution is 9.10. The molecule has 4 heteroatoms. The molecule has 3 nitrogen and oxygen atoms in total. The monoisotopic (exact) mass is 266 g/mol. The van der Waals surface area contributed by atoms with Crippen LogP contribution in [0, 0.1) is 5.92 Å². The van der Waals surface area contributed by atoms with Crippen molar-refractivity contribution in [3.63, 3.8) is 0 Å². The number of carbonyl (C=O) groups is 1. The van der Waals surface area contributed by atoms with Crippen LogP contribution in [0.1, 0.15) is 12.8 Å². The number of halogens is 1. The standard InChI is InChI=1S/C11H11BrN2O/c12-9-5-6-13-10(7-9)14-11(15)8-3-1-2-4-8/h1-2,5-8H,3-4H2,(H,13,14,15). The number of pyridine rings is 1. The summed E-state index contributed by atoms with van der Waals surface area (Å²) in [5.74, 6) is 0.720. The Labute approximate surface area is 96.7 Å². The highest BCUT2D eigenvalue weighted by Gasteiger charge is 2.19. The summed E-state index contributed by atoms with van der Waals surface area (Å²) in [6.45, 7) is 0. The molecule has 0 aromatic carbocycles. The summed E-state index contributed by atoms with van der Waals surface area (Å²) >= 11 is 3.33. The number of amides is 1. The normalized spacial score (nSPS) is 15.5. The second-order valence-electron chi connectivity index (χ2n) is 3.49. The summed E-state index contributed by atoms with van der Waals surface area (Å²) < 4.78 is 0.914. The minimum Gasteiger partial charge on any atom is -0.310 e. The Bertz CT molecular complexity index is 395. The van der Waals surface area contributed by atoms with E-state index in [2.05, 4.69) is 26.2 Å². The van der Waals surface area contributed by atoms with Crippen LogP contribution in [0.2, 0.25) is 0 Å². The summed E-state index contributed by atoms with van der Waals surface area (Å²) in [5.41, 5.74) is 0. The number of aromatic nitrogens is 1. The summed E-state index contributed by atoms with van der Waals surface area (Å²) in [4.78, 5) is 15.8. The summed E-state index contributed by atoms with van der Waals surface area (Å²) in [7, 11) is 0. The van der Waals surface area contributed by atoms with Gasteiger partial charge < -0.3 is 5.32 Å². The molecule has 1 N–H and O–H groups in total. The van der Waals surface area contributed by atoms with Crippen LogP contribution in [0.4, 0.5) is 5.82 Å². The lowest BCUT2D eigenvalue weighted by atomic mass is 10.1. The molecule has 1 aromatic rings. The fourth-order valence-electron chi connectivity index (χ4n) is 1.53. The lowest BCUT2D eigenvalue weighted by Gasteiger charge is -2.09. The van der Waals surface area contributed by atoms with Gasteiger partial charge in [0.05, 0.1) is 0 Å².